The Bertz CT molecular complexity index is 562. The van der Waals surface area contributed by atoms with Gasteiger partial charge < -0.3 is 14.6 Å². The maximum Gasteiger partial charge on any atom is 0.197 e. The van der Waals surface area contributed by atoms with Crippen LogP contribution in [0.2, 0.25) is 0 Å². The van der Waals surface area contributed by atoms with E-state index in [0.717, 1.165) is 23.4 Å². The first kappa shape index (κ1) is 11.2. The number of nitrogens with zero attached hydrogens (tertiary/aromatic N) is 2. The number of nitrogens with one attached hydrogen (secondary N) is 1. The van der Waals surface area contributed by atoms with Gasteiger partial charge in [0.25, 0.3) is 0 Å². The number of anilines is 1. The van der Waals surface area contributed by atoms with Gasteiger partial charge in [0.2, 0.25) is 0 Å². The second-order valence-corrected chi connectivity index (χ2v) is 4.18. The highest BCUT2D eigenvalue weighted by Gasteiger charge is 2.19. The number of aromatic nitrogens is 2. The number of rotatable bonds is 2. The topological polar surface area (TPSA) is 86.2 Å². The number of hydrogen-bond donors (Lipinski definition) is 2. The number of furan rings is 1. The van der Waals surface area contributed by atoms with Crippen molar-refractivity contribution in [3.05, 3.63) is 29.2 Å². The van der Waals surface area contributed by atoms with E-state index in [1.54, 1.807) is 0 Å². The van der Waals surface area contributed by atoms with Gasteiger partial charge in [0.15, 0.2) is 11.6 Å². The summed E-state index contributed by atoms with van der Waals surface area (Å²) in [5, 5.41) is 0. The molecule has 18 heavy (non-hydrogen) atoms. The molecule has 2 aromatic heterocycles. The average Bonchev–Trinajstić information content (AvgIpc) is 2.84. The maximum absolute atomic E-state index is 5.54. The predicted molar refractivity (Wildman–Crippen MR) is 65.6 cm³/mol. The summed E-state index contributed by atoms with van der Waals surface area (Å²) in [5.41, 5.74) is 4.49. The van der Waals surface area contributed by atoms with Gasteiger partial charge in [-0.3, -0.25) is 0 Å². The molecule has 0 saturated heterocycles. The van der Waals surface area contributed by atoms with Gasteiger partial charge in [-0.15, -0.1) is 0 Å². The molecule has 6 nitrogen and oxygen atoms in total. The van der Waals surface area contributed by atoms with E-state index in [-0.39, 0.29) is 0 Å². The van der Waals surface area contributed by atoms with E-state index in [1.807, 2.05) is 19.1 Å². The standard InChI is InChI=1S/C12H14N4O2/c1-7-2-3-10(18-7)12-14-9-4-5-17-6-8(9)11(15-12)16-13/h2-3H,4-6,13H2,1H3,(H,14,15,16). The van der Waals surface area contributed by atoms with Gasteiger partial charge in [-0.05, 0) is 19.1 Å². The molecule has 3 rings (SSSR count). The monoisotopic (exact) mass is 246 g/mol. The second kappa shape index (κ2) is 4.40. The van der Waals surface area contributed by atoms with E-state index in [9.17, 15) is 0 Å². The smallest absolute Gasteiger partial charge is 0.197 e. The fraction of sp³-hybridized carbons (Fsp3) is 0.333. The predicted octanol–water partition coefficient (Wildman–Crippen LogP) is 1.40. The molecular weight excluding hydrogens is 232 g/mol. The third-order valence-electron chi connectivity index (χ3n) is 2.92. The van der Waals surface area contributed by atoms with E-state index < -0.39 is 0 Å². The SMILES string of the molecule is Cc1ccc(-c2nc3c(c(NN)n2)COCC3)o1. The quantitative estimate of drug-likeness (QED) is 0.615. The van der Waals surface area contributed by atoms with Crippen LogP contribution in [0.5, 0.6) is 0 Å². The average molecular weight is 246 g/mol. The Balaban J connectivity index is 2.11. The molecule has 0 atom stereocenters. The van der Waals surface area contributed by atoms with Gasteiger partial charge in [0.1, 0.15) is 11.6 Å². The van der Waals surface area contributed by atoms with Gasteiger partial charge in [0.05, 0.1) is 18.9 Å². The Hall–Kier alpha value is -1.92. The summed E-state index contributed by atoms with van der Waals surface area (Å²) >= 11 is 0. The molecule has 3 N–H and O–H groups in total. The van der Waals surface area contributed by atoms with Crippen LogP contribution in [0.15, 0.2) is 16.5 Å². The molecule has 2 aromatic rings. The summed E-state index contributed by atoms with van der Waals surface area (Å²) in [6.45, 7) is 3.05. The minimum atomic E-state index is 0.492. The maximum atomic E-state index is 5.54. The first-order chi connectivity index (χ1) is 8.78. The van der Waals surface area contributed by atoms with Crippen LogP contribution >= 0.6 is 0 Å². The molecule has 0 radical (unpaired) electrons. The van der Waals surface area contributed by atoms with Crippen molar-refractivity contribution in [1.29, 1.82) is 0 Å². The Labute approximate surface area is 104 Å². The van der Waals surface area contributed by atoms with Crippen LogP contribution in [0.1, 0.15) is 17.0 Å². The zero-order valence-corrected chi connectivity index (χ0v) is 10.1. The summed E-state index contributed by atoms with van der Waals surface area (Å²) in [6.07, 6.45) is 0.763. The number of ether oxygens (including phenoxy) is 1. The largest absolute Gasteiger partial charge is 0.458 e. The normalized spacial score (nSPS) is 14.3. The number of nitrogen functional groups attached to an aromatic ring is 1. The molecular formula is C12H14N4O2. The Morgan fingerprint density at radius 1 is 1.33 bits per heavy atom. The minimum absolute atomic E-state index is 0.492. The van der Waals surface area contributed by atoms with E-state index in [0.29, 0.717) is 30.6 Å². The zero-order valence-electron chi connectivity index (χ0n) is 10.1. The number of nitrogens with two attached hydrogens (primary N) is 1. The van der Waals surface area contributed by atoms with Crippen LogP contribution in [-0.2, 0) is 17.8 Å². The van der Waals surface area contributed by atoms with Gasteiger partial charge in [0, 0.05) is 12.0 Å². The third-order valence-corrected chi connectivity index (χ3v) is 2.92. The highest BCUT2D eigenvalue weighted by Crippen LogP contribution is 2.26. The molecule has 3 heterocycles. The number of hydrazine groups is 1. The first-order valence-electron chi connectivity index (χ1n) is 5.79. The van der Waals surface area contributed by atoms with Crippen molar-refractivity contribution < 1.29 is 9.15 Å². The van der Waals surface area contributed by atoms with Crippen LogP contribution in [0.3, 0.4) is 0 Å². The summed E-state index contributed by atoms with van der Waals surface area (Å²) in [6, 6.07) is 3.74. The van der Waals surface area contributed by atoms with E-state index in [2.05, 4.69) is 15.4 Å². The first-order valence-corrected chi connectivity index (χ1v) is 5.79. The number of aryl methyl sites for hydroxylation is 1. The Morgan fingerprint density at radius 2 is 2.22 bits per heavy atom. The number of hydrogen-bond acceptors (Lipinski definition) is 6. The molecule has 0 spiro atoms. The van der Waals surface area contributed by atoms with Crippen molar-refractivity contribution in [1.82, 2.24) is 9.97 Å². The zero-order chi connectivity index (χ0) is 12.5. The molecule has 0 unspecified atom stereocenters. The van der Waals surface area contributed by atoms with E-state index in [1.165, 1.54) is 0 Å². The van der Waals surface area contributed by atoms with Gasteiger partial charge in [-0.2, -0.15) is 0 Å². The van der Waals surface area contributed by atoms with Gasteiger partial charge >= 0.3 is 0 Å². The molecule has 0 saturated carbocycles. The molecule has 0 amide bonds. The van der Waals surface area contributed by atoms with Crippen molar-refractivity contribution >= 4 is 5.82 Å². The molecule has 0 aromatic carbocycles. The molecule has 0 aliphatic carbocycles. The lowest BCUT2D eigenvalue weighted by atomic mass is 10.1. The van der Waals surface area contributed by atoms with Gasteiger partial charge in [-0.1, -0.05) is 0 Å². The van der Waals surface area contributed by atoms with E-state index in [4.69, 9.17) is 15.0 Å². The highest BCUT2D eigenvalue weighted by atomic mass is 16.5. The molecule has 0 bridgehead atoms. The molecule has 94 valence electrons. The minimum Gasteiger partial charge on any atom is -0.458 e. The molecule has 6 heteroatoms. The lowest BCUT2D eigenvalue weighted by Crippen LogP contribution is -2.19. The summed E-state index contributed by atoms with van der Waals surface area (Å²) < 4.78 is 10.9. The molecule has 0 fully saturated rings. The summed E-state index contributed by atoms with van der Waals surface area (Å²) in [7, 11) is 0. The van der Waals surface area contributed by atoms with Crippen LogP contribution in [0.25, 0.3) is 11.6 Å². The van der Waals surface area contributed by atoms with Crippen molar-refractivity contribution in [2.45, 2.75) is 20.0 Å². The number of fused-ring (bicyclic) bond motifs is 1. The summed E-state index contributed by atoms with van der Waals surface area (Å²) in [4.78, 5) is 8.89. The molecule has 1 aliphatic rings. The van der Waals surface area contributed by atoms with Gasteiger partial charge in [-0.25, -0.2) is 15.8 Å². The van der Waals surface area contributed by atoms with Crippen molar-refractivity contribution in [2.75, 3.05) is 12.0 Å². The fourth-order valence-corrected chi connectivity index (χ4v) is 2.02. The van der Waals surface area contributed by atoms with Crippen molar-refractivity contribution in [3.63, 3.8) is 0 Å². The lowest BCUT2D eigenvalue weighted by Gasteiger charge is -2.18. The Morgan fingerprint density at radius 3 is 2.94 bits per heavy atom. The van der Waals surface area contributed by atoms with E-state index >= 15 is 0 Å². The van der Waals surface area contributed by atoms with Crippen LogP contribution in [-0.4, -0.2) is 16.6 Å². The summed E-state index contributed by atoms with van der Waals surface area (Å²) in [5.74, 6) is 8.13. The van der Waals surface area contributed by atoms with Crippen molar-refractivity contribution in [3.8, 4) is 11.6 Å². The highest BCUT2D eigenvalue weighted by molar-refractivity contribution is 5.55. The molecule has 1 aliphatic heterocycles. The Kier molecular flexibility index (Phi) is 2.73. The lowest BCUT2D eigenvalue weighted by molar-refractivity contribution is 0.109. The van der Waals surface area contributed by atoms with Crippen LogP contribution < -0.4 is 11.3 Å². The van der Waals surface area contributed by atoms with Crippen LogP contribution in [0, 0.1) is 6.92 Å². The second-order valence-electron chi connectivity index (χ2n) is 4.18. The van der Waals surface area contributed by atoms with Crippen molar-refractivity contribution in [2.24, 2.45) is 5.84 Å². The third kappa shape index (κ3) is 1.85. The van der Waals surface area contributed by atoms with Crippen LogP contribution in [0.4, 0.5) is 5.82 Å². The fourth-order valence-electron chi connectivity index (χ4n) is 2.02.